The Morgan fingerprint density at radius 3 is 1.41 bits per heavy atom. The van der Waals surface area contributed by atoms with Gasteiger partial charge in [-0.3, -0.25) is 9.59 Å². The second-order valence-electron chi connectivity index (χ2n) is 17.6. The van der Waals surface area contributed by atoms with Gasteiger partial charge in [-0.2, -0.15) is 0 Å². The lowest BCUT2D eigenvalue weighted by Crippen LogP contribution is -2.61. The fraction of sp³-hybridized carbons (Fsp3) is 0.917. The number of ether oxygens (including phenoxy) is 6. The lowest BCUT2D eigenvalue weighted by Gasteiger charge is -2.42. The van der Waals surface area contributed by atoms with Crippen molar-refractivity contribution < 1.29 is 73.8 Å². The van der Waals surface area contributed by atoms with Gasteiger partial charge in [0.1, 0.15) is 55.4 Å². The summed E-state index contributed by atoms with van der Waals surface area (Å²) in [4.78, 5) is 25.7. The first-order valence-corrected chi connectivity index (χ1v) is 24.8. The van der Waals surface area contributed by atoms with Gasteiger partial charge in [0.2, 0.25) is 0 Å². The van der Waals surface area contributed by atoms with E-state index in [1.54, 1.807) is 0 Å². The first-order chi connectivity index (χ1) is 30.5. The molecule has 0 aliphatic carbocycles. The lowest BCUT2D eigenvalue weighted by atomic mass is 9.98. The Morgan fingerprint density at radius 1 is 0.492 bits per heavy atom. The van der Waals surface area contributed by atoms with E-state index in [0.717, 1.165) is 57.8 Å². The van der Waals surface area contributed by atoms with Crippen LogP contribution in [0.1, 0.15) is 187 Å². The number of hydrogen-bond acceptors (Lipinski definition) is 15. The molecule has 0 aromatic heterocycles. The van der Waals surface area contributed by atoms with Gasteiger partial charge < -0.3 is 64.2 Å². The number of rotatable bonds is 38. The molecule has 2 aliphatic heterocycles. The van der Waals surface area contributed by atoms with Crippen LogP contribution in [0, 0.1) is 0 Å². The van der Waals surface area contributed by atoms with E-state index in [1.165, 1.54) is 89.9 Å². The van der Waals surface area contributed by atoms with Gasteiger partial charge in [0.15, 0.2) is 18.7 Å². The summed E-state index contributed by atoms with van der Waals surface area (Å²) in [5.41, 5.74) is 0. The first kappa shape index (κ1) is 57.4. The third-order valence-corrected chi connectivity index (χ3v) is 12.0. The molecule has 0 spiro atoms. The largest absolute Gasteiger partial charge is 0.462 e. The summed E-state index contributed by atoms with van der Waals surface area (Å²) in [5, 5.41) is 71.9. The highest BCUT2D eigenvalue weighted by molar-refractivity contribution is 5.70. The van der Waals surface area contributed by atoms with Gasteiger partial charge >= 0.3 is 11.9 Å². The molecule has 0 amide bonds. The minimum Gasteiger partial charge on any atom is -0.462 e. The van der Waals surface area contributed by atoms with Crippen molar-refractivity contribution in [2.75, 3.05) is 26.4 Å². The first-order valence-electron chi connectivity index (χ1n) is 24.8. The van der Waals surface area contributed by atoms with E-state index in [-0.39, 0.29) is 26.1 Å². The topological polar surface area (TPSA) is 231 Å². The molecule has 0 saturated carbocycles. The second kappa shape index (κ2) is 36.4. The van der Waals surface area contributed by atoms with Crippen LogP contribution in [-0.4, -0.2) is 142 Å². The van der Waals surface area contributed by atoms with Crippen molar-refractivity contribution in [3.05, 3.63) is 12.2 Å². The van der Waals surface area contributed by atoms with Gasteiger partial charge in [0.25, 0.3) is 0 Å². The zero-order valence-electron chi connectivity index (χ0n) is 38.8. The number of unbranched alkanes of at least 4 members (excludes halogenated alkanes) is 22. The van der Waals surface area contributed by atoms with E-state index < -0.39 is 92.7 Å². The Balaban J connectivity index is 1.83. The van der Waals surface area contributed by atoms with Crippen molar-refractivity contribution in [3.8, 4) is 0 Å². The fourth-order valence-corrected chi connectivity index (χ4v) is 7.86. The number of carbonyl (C=O) groups excluding carboxylic acids is 2. The maximum atomic E-state index is 13.0. The van der Waals surface area contributed by atoms with Gasteiger partial charge in [-0.05, 0) is 38.5 Å². The standard InChI is InChI=1S/C48H88O15/c1-3-5-7-9-11-13-15-17-19-20-22-24-26-28-30-39(50)58-33-36(61-40(51)31-29-27-25-23-21-18-16-14-12-10-8-6-4-2)34-59-47-46(57)44(55)42(53)38(63-47)35-60-48-45(56)43(54)41(52)37(32-49)62-48/h14,16,36-38,41-49,52-57H,3-13,15,17-35H2,1-2H3/b16-14+/t36-,37-,38-,41+,42+,43?,44?,45?,46?,47-,48-/m1/s1. The average molecular weight is 905 g/mol. The Bertz CT molecular complexity index is 1160. The van der Waals surface area contributed by atoms with Crippen LogP contribution in [0.25, 0.3) is 0 Å². The predicted molar refractivity (Wildman–Crippen MR) is 238 cm³/mol. The van der Waals surface area contributed by atoms with Crippen molar-refractivity contribution in [2.45, 2.75) is 255 Å². The van der Waals surface area contributed by atoms with Crippen LogP contribution in [0.2, 0.25) is 0 Å². The number of carbonyl (C=O) groups is 2. The van der Waals surface area contributed by atoms with E-state index in [4.69, 9.17) is 28.4 Å². The molecule has 0 aromatic carbocycles. The van der Waals surface area contributed by atoms with E-state index >= 15 is 0 Å². The molecule has 2 aliphatic rings. The maximum absolute atomic E-state index is 13.0. The second-order valence-corrected chi connectivity index (χ2v) is 17.6. The van der Waals surface area contributed by atoms with E-state index in [9.17, 15) is 45.3 Å². The molecule has 2 rings (SSSR count). The number of aliphatic hydroxyl groups excluding tert-OH is 7. The van der Waals surface area contributed by atoms with E-state index in [1.807, 2.05) is 0 Å². The molecular weight excluding hydrogens is 817 g/mol. The average Bonchev–Trinajstić information content (AvgIpc) is 3.28. The molecule has 7 N–H and O–H groups in total. The van der Waals surface area contributed by atoms with Gasteiger partial charge in [-0.1, -0.05) is 148 Å². The van der Waals surface area contributed by atoms with Gasteiger partial charge in [0, 0.05) is 12.8 Å². The molecule has 370 valence electrons. The Labute approximate surface area is 378 Å². The SMILES string of the molecule is CCCCCC/C=C/CCCCCCCC(=O)O[C@H](COC(=O)CCCCCCCCCCCCCCCC)CO[C@@H]1O[C@H](CO[C@@H]2O[C@H](CO)[C@H](O)C(O)C2O)[C@H](O)C(O)C1O. The Morgan fingerprint density at radius 2 is 0.905 bits per heavy atom. The van der Waals surface area contributed by atoms with Crippen LogP contribution < -0.4 is 0 Å². The molecule has 4 unspecified atom stereocenters. The Kier molecular flexibility index (Phi) is 33.1. The van der Waals surface area contributed by atoms with Gasteiger partial charge in [-0.25, -0.2) is 0 Å². The zero-order chi connectivity index (χ0) is 46.1. The number of esters is 2. The predicted octanol–water partition coefficient (Wildman–Crippen LogP) is 6.21. The van der Waals surface area contributed by atoms with Gasteiger partial charge in [-0.15, -0.1) is 0 Å². The third kappa shape index (κ3) is 25.1. The maximum Gasteiger partial charge on any atom is 0.306 e. The summed E-state index contributed by atoms with van der Waals surface area (Å²) in [7, 11) is 0. The summed E-state index contributed by atoms with van der Waals surface area (Å²) in [6.07, 6.45) is 16.7. The number of allylic oxidation sites excluding steroid dienone is 2. The lowest BCUT2D eigenvalue weighted by molar-refractivity contribution is -0.332. The van der Waals surface area contributed by atoms with Crippen molar-refractivity contribution >= 4 is 11.9 Å². The van der Waals surface area contributed by atoms with Crippen molar-refractivity contribution in [3.63, 3.8) is 0 Å². The normalized spacial score (nSPS) is 26.9. The third-order valence-electron chi connectivity index (χ3n) is 12.0. The van der Waals surface area contributed by atoms with Crippen molar-refractivity contribution in [1.82, 2.24) is 0 Å². The van der Waals surface area contributed by atoms with Crippen LogP contribution in [0.4, 0.5) is 0 Å². The molecule has 11 atom stereocenters. The highest BCUT2D eigenvalue weighted by Gasteiger charge is 2.47. The molecular formula is C48H88O15. The molecule has 0 radical (unpaired) electrons. The quantitative estimate of drug-likeness (QED) is 0.0208. The van der Waals surface area contributed by atoms with E-state index in [0.29, 0.717) is 12.8 Å². The van der Waals surface area contributed by atoms with E-state index in [2.05, 4.69) is 26.0 Å². The molecule has 0 bridgehead atoms. The number of hydrogen-bond donors (Lipinski definition) is 7. The smallest absolute Gasteiger partial charge is 0.306 e. The molecule has 15 nitrogen and oxygen atoms in total. The summed E-state index contributed by atoms with van der Waals surface area (Å²) in [6, 6.07) is 0. The minimum absolute atomic E-state index is 0.159. The monoisotopic (exact) mass is 905 g/mol. The zero-order valence-corrected chi connectivity index (χ0v) is 38.8. The molecule has 2 fully saturated rings. The summed E-state index contributed by atoms with van der Waals surface area (Å²) in [5.74, 6) is -0.928. The molecule has 2 heterocycles. The highest BCUT2D eigenvalue weighted by Crippen LogP contribution is 2.26. The van der Waals surface area contributed by atoms with Crippen LogP contribution in [0.15, 0.2) is 12.2 Å². The highest BCUT2D eigenvalue weighted by atomic mass is 16.7. The van der Waals surface area contributed by atoms with Crippen LogP contribution in [0.5, 0.6) is 0 Å². The van der Waals surface area contributed by atoms with Crippen molar-refractivity contribution in [2.24, 2.45) is 0 Å². The fourth-order valence-electron chi connectivity index (χ4n) is 7.86. The summed E-state index contributed by atoms with van der Waals surface area (Å²) in [6.45, 7) is 2.57. The number of aliphatic hydroxyl groups is 7. The van der Waals surface area contributed by atoms with Crippen LogP contribution in [0.3, 0.4) is 0 Å². The Hall–Kier alpha value is -1.76. The van der Waals surface area contributed by atoms with Crippen molar-refractivity contribution in [1.29, 1.82) is 0 Å². The minimum atomic E-state index is -1.76. The van der Waals surface area contributed by atoms with Gasteiger partial charge in [0.05, 0.1) is 19.8 Å². The molecule has 15 heteroatoms. The molecule has 2 saturated heterocycles. The molecule has 0 aromatic rings. The summed E-state index contributed by atoms with van der Waals surface area (Å²) >= 11 is 0. The van der Waals surface area contributed by atoms with Crippen LogP contribution in [-0.2, 0) is 38.0 Å². The summed E-state index contributed by atoms with van der Waals surface area (Å²) < 4.78 is 33.5. The molecule has 63 heavy (non-hydrogen) atoms. The van der Waals surface area contributed by atoms with Crippen LogP contribution >= 0.6 is 0 Å².